The molecule has 1 aromatic heterocycles. The number of anilines is 1. The van der Waals surface area contributed by atoms with Crippen molar-refractivity contribution in [2.45, 2.75) is 20.4 Å². The molecule has 3 rings (SSSR count). The van der Waals surface area contributed by atoms with Gasteiger partial charge >= 0.3 is 6.03 Å². The number of benzene rings is 2. The first-order valence-electron chi connectivity index (χ1n) is 8.89. The van der Waals surface area contributed by atoms with Gasteiger partial charge in [0, 0.05) is 25.7 Å². The Morgan fingerprint density at radius 1 is 1.14 bits per heavy atom. The lowest BCUT2D eigenvalue weighted by atomic mass is 10.1. The van der Waals surface area contributed by atoms with E-state index >= 15 is 0 Å². The van der Waals surface area contributed by atoms with E-state index in [-0.39, 0.29) is 11.7 Å². The van der Waals surface area contributed by atoms with Gasteiger partial charge in [0.15, 0.2) is 0 Å². The average molecular weight is 383 g/mol. The van der Waals surface area contributed by atoms with E-state index in [1.807, 2.05) is 18.4 Å². The van der Waals surface area contributed by atoms with Crippen LogP contribution in [0.2, 0.25) is 0 Å². The van der Waals surface area contributed by atoms with Gasteiger partial charge in [-0.05, 0) is 49.7 Å². The summed E-state index contributed by atoms with van der Waals surface area (Å²) in [5, 5.41) is 7.83. The highest BCUT2D eigenvalue weighted by Gasteiger charge is 2.13. The zero-order chi connectivity index (χ0) is 20.3. The molecular formula is C20H22FN5O2. The van der Waals surface area contributed by atoms with Crippen LogP contribution in [-0.2, 0) is 6.54 Å². The molecule has 3 amide bonds. The number of imidazole rings is 1. The fourth-order valence-electron chi connectivity index (χ4n) is 2.97. The molecular weight excluding hydrogens is 361 g/mol. The van der Waals surface area contributed by atoms with E-state index in [4.69, 9.17) is 0 Å². The molecule has 0 bridgehead atoms. The van der Waals surface area contributed by atoms with Crippen molar-refractivity contribution in [2.75, 3.05) is 18.9 Å². The second-order valence-corrected chi connectivity index (χ2v) is 6.46. The SMILES string of the molecule is CNC(=O)NCCn1c(C)nc2cc(C(=O)Nc3cc(C)ccc3F)ccc21. The third-order valence-corrected chi connectivity index (χ3v) is 4.42. The minimum absolute atomic E-state index is 0.145. The summed E-state index contributed by atoms with van der Waals surface area (Å²) >= 11 is 0. The van der Waals surface area contributed by atoms with Crippen molar-refractivity contribution >= 4 is 28.7 Å². The predicted molar refractivity (Wildman–Crippen MR) is 106 cm³/mol. The number of aromatic nitrogens is 2. The highest BCUT2D eigenvalue weighted by Crippen LogP contribution is 2.20. The van der Waals surface area contributed by atoms with Crippen LogP contribution in [0.25, 0.3) is 11.0 Å². The van der Waals surface area contributed by atoms with Crippen molar-refractivity contribution in [2.24, 2.45) is 0 Å². The Labute approximate surface area is 162 Å². The summed E-state index contributed by atoms with van der Waals surface area (Å²) in [4.78, 5) is 28.3. The van der Waals surface area contributed by atoms with Gasteiger partial charge in [0.2, 0.25) is 0 Å². The summed E-state index contributed by atoms with van der Waals surface area (Å²) in [6.45, 7) is 4.69. The molecule has 0 aliphatic rings. The molecule has 7 nitrogen and oxygen atoms in total. The van der Waals surface area contributed by atoms with E-state index in [1.54, 1.807) is 37.4 Å². The maximum Gasteiger partial charge on any atom is 0.314 e. The molecule has 0 aliphatic carbocycles. The molecule has 2 aromatic carbocycles. The highest BCUT2D eigenvalue weighted by molar-refractivity contribution is 6.06. The summed E-state index contributed by atoms with van der Waals surface area (Å²) in [5.74, 6) is -0.111. The first-order valence-corrected chi connectivity index (χ1v) is 8.89. The molecule has 0 spiro atoms. The molecule has 0 unspecified atom stereocenters. The lowest BCUT2D eigenvalue weighted by molar-refractivity contribution is 0.102. The molecule has 0 fully saturated rings. The normalized spacial score (nSPS) is 10.7. The van der Waals surface area contributed by atoms with Crippen molar-refractivity contribution in [3.8, 4) is 0 Å². The van der Waals surface area contributed by atoms with Crippen LogP contribution >= 0.6 is 0 Å². The minimum atomic E-state index is -0.483. The summed E-state index contributed by atoms with van der Waals surface area (Å²) < 4.78 is 15.9. The molecule has 146 valence electrons. The molecule has 0 atom stereocenters. The van der Waals surface area contributed by atoms with Gasteiger partial charge in [0.05, 0.1) is 16.7 Å². The fourth-order valence-corrected chi connectivity index (χ4v) is 2.97. The Morgan fingerprint density at radius 2 is 1.93 bits per heavy atom. The second-order valence-electron chi connectivity index (χ2n) is 6.46. The van der Waals surface area contributed by atoms with Crippen molar-refractivity contribution in [3.63, 3.8) is 0 Å². The predicted octanol–water partition coefficient (Wildman–Crippen LogP) is 2.97. The number of nitrogens with one attached hydrogen (secondary N) is 3. The van der Waals surface area contributed by atoms with E-state index in [9.17, 15) is 14.0 Å². The highest BCUT2D eigenvalue weighted by atomic mass is 19.1. The Kier molecular flexibility index (Phi) is 5.58. The number of amides is 3. The maximum absolute atomic E-state index is 13.9. The molecule has 28 heavy (non-hydrogen) atoms. The molecule has 3 N–H and O–H groups in total. The molecule has 0 radical (unpaired) electrons. The third-order valence-electron chi connectivity index (χ3n) is 4.42. The third kappa shape index (κ3) is 4.11. The molecule has 8 heteroatoms. The number of carbonyl (C=O) groups excluding carboxylic acids is 2. The quantitative estimate of drug-likeness (QED) is 0.633. The topological polar surface area (TPSA) is 88.1 Å². The Morgan fingerprint density at radius 3 is 2.68 bits per heavy atom. The van der Waals surface area contributed by atoms with E-state index in [0.717, 1.165) is 16.9 Å². The van der Waals surface area contributed by atoms with E-state index in [0.29, 0.717) is 24.2 Å². The molecule has 1 heterocycles. The van der Waals surface area contributed by atoms with Crippen LogP contribution in [-0.4, -0.2) is 35.1 Å². The van der Waals surface area contributed by atoms with Gasteiger partial charge in [0.25, 0.3) is 5.91 Å². The summed E-state index contributed by atoms with van der Waals surface area (Å²) in [6.07, 6.45) is 0. The zero-order valence-corrected chi connectivity index (χ0v) is 16.0. The molecule has 0 saturated carbocycles. The van der Waals surface area contributed by atoms with Crippen LogP contribution in [0.3, 0.4) is 0 Å². The zero-order valence-electron chi connectivity index (χ0n) is 16.0. The Hall–Kier alpha value is -3.42. The van der Waals surface area contributed by atoms with Gasteiger partial charge in [-0.3, -0.25) is 4.79 Å². The van der Waals surface area contributed by atoms with Crippen LogP contribution in [0, 0.1) is 19.7 Å². The van der Waals surface area contributed by atoms with Crippen molar-refractivity contribution in [3.05, 3.63) is 59.2 Å². The lowest BCUT2D eigenvalue weighted by Crippen LogP contribution is -2.34. The van der Waals surface area contributed by atoms with Crippen LogP contribution < -0.4 is 16.0 Å². The average Bonchev–Trinajstić information content (AvgIpc) is 2.99. The lowest BCUT2D eigenvalue weighted by Gasteiger charge is -2.09. The van der Waals surface area contributed by atoms with Gasteiger partial charge < -0.3 is 20.5 Å². The summed E-state index contributed by atoms with van der Waals surface area (Å²) in [5.41, 5.74) is 2.91. The van der Waals surface area contributed by atoms with Crippen LogP contribution in [0.4, 0.5) is 14.9 Å². The summed E-state index contributed by atoms with van der Waals surface area (Å²) in [6, 6.07) is 9.46. The molecule has 0 saturated heterocycles. The summed E-state index contributed by atoms with van der Waals surface area (Å²) in [7, 11) is 1.56. The number of urea groups is 1. The van der Waals surface area contributed by atoms with Gasteiger partial charge in [-0.1, -0.05) is 6.07 Å². The van der Waals surface area contributed by atoms with Gasteiger partial charge in [-0.25, -0.2) is 14.2 Å². The Bertz CT molecular complexity index is 1040. The van der Waals surface area contributed by atoms with E-state index in [2.05, 4.69) is 20.9 Å². The number of nitrogens with zero attached hydrogens (tertiary/aromatic N) is 2. The van der Waals surface area contributed by atoms with E-state index < -0.39 is 11.7 Å². The number of carbonyl (C=O) groups is 2. The monoisotopic (exact) mass is 383 g/mol. The van der Waals surface area contributed by atoms with Gasteiger partial charge in [-0.15, -0.1) is 0 Å². The standard InChI is InChI=1S/C20H22FN5O2/c1-12-4-6-15(21)16(10-12)25-19(27)14-5-7-18-17(11-14)24-13(2)26(18)9-8-23-20(28)22-3/h4-7,10-11H,8-9H2,1-3H3,(H,25,27)(H2,22,23,28). The largest absolute Gasteiger partial charge is 0.341 e. The number of aryl methyl sites for hydroxylation is 2. The molecule has 0 aliphatic heterocycles. The Balaban J connectivity index is 1.79. The number of hydrogen-bond acceptors (Lipinski definition) is 3. The van der Waals surface area contributed by atoms with Crippen molar-refractivity contribution in [1.29, 1.82) is 0 Å². The first-order chi connectivity index (χ1) is 13.4. The first kappa shape index (κ1) is 19.3. The van der Waals surface area contributed by atoms with E-state index in [1.165, 1.54) is 6.07 Å². The van der Waals surface area contributed by atoms with Crippen molar-refractivity contribution in [1.82, 2.24) is 20.2 Å². The van der Waals surface area contributed by atoms with Crippen LogP contribution in [0.15, 0.2) is 36.4 Å². The van der Waals surface area contributed by atoms with Crippen LogP contribution in [0.1, 0.15) is 21.7 Å². The number of rotatable bonds is 5. The van der Waals surface area contributed by atoms with Gasteiger partial charge in [-0.2, -0.15) is 0 Å². The smallest absolute Gasteiger partial charge is 0.314 e. The maximum atomic E-state index is 13.9. The fraction of sp³-hybridized carbons (Fsp3) is 0.250. The number of halogens is 1. The second kappa shape index (κ2) is 8.08. The van der Waals surface area contributed by atoms with Gasteiger partial charge in [0.1, 0.15) is 11.6 Å². The van der Waals surface area contributed by atoms with Crippen molar-refractivity contribution < 1.29 is 14.0 Å². The molecule has 3 aromatic rings. The number of hydrogen-bond donors (Lipinski definition) is 3. The minimum Gasteiger partial charge on any atom is -0.341 e. The van der Waals surface area contributed by atoms with Crippen LogP contribution in [0.5, 0.6) is 0 Å². The number of fused-ring (bicyclic) bond motifs is 1.